The van der Waals surface area contributed by atoms with E-state index in [0.29, 0.717) is 6.54 Å². The molecular weight excluding hydrogens is 260 g/mol. The number of hydrogen-bond acceptors (Lipinski definition) is 2. The third kappa shape index (κ3) is 2.88. The Bertz CT molecular complexity index is 637. The van der Waals surface area contributed by atoms with Gasteiger partial charge in [0.25, 0.3) is 0 Å². The zero-order chi connectivity index (χ0) is 14.7. The van der Waals surface area contributed by atoms with Crippen LogP contribution in [0.15, 0.2) is 66.9 Å². The molecule has 106 valence electrons. The van der Waals surface area contributed by atoms with E-state index >= 15 is 0 Å². The highest BCUT2D eigenvalue weighted by atomic mass is 16.2. The van der Waals surface area contributed by atoms with Gasteiger partial charge in [-0.3, -0.25) is 14.6 Å². The van der Waals surface area contributed by atoms with Gasteiger partial charge in [-0.15, -0.1) is 0 Å². The summed E-state index contributed by atoms with van der Waals surface area (Å²) in [5, 5.41) is 0. The van der Waals surface area contributed by atoms with E-state index in [-0.39, 0.29) is 12.1 Å². The highest BCUT2D eigenvalue weighted by Gasteiger charge is 2.34. The number of carbonyl (C=O) groups excluding carboxylic acids is 1. The molecule has 1 amide bonds. The van der Waals surface area contributed by atoms with Gasteiger partial charge in [0.2, 0.25) is 5.91 Å². The van der Waals surface area contributed by atoms with Crippen molar-refractivity contribution in [3.8, 4) is 0 Å². The first-order valence-electron chi connectivity index (χ1n) is 7.05. The van der Waals surface area contributed by atoms with Crippen LogP contribution in [0.3, 0.4) is 0 Å². The largest absolute Gasteiger partial charge is 0.297 e. The van der Waals surface area contributed by atoms with Crippen LogP contribution in [0.25, 0.3) is 6.08 Å². The van der Waals surface area contributed by atoms with E-state index in [1.165, 1.54) is 0 Å². The Balaban J connectivity index is 1.88. The van der Waals surface area contributed by atoms with Crippen molar-refractivity contribution in [3.05, 3.63) is 78.0 Å². The smallest absolute Gasteiger partial charge is 0.242 e. The minimum absolute atomic E-state index is 0.0290. The van der Waals surface area contributed by atoms with Crippen molar-refractivity contribution in [3.63, 3.8) is 0 Å². The molecule has 3 nitrogen and oxygen atoms in total. The molecule has 1 aliphatic heterocycles. The number of benzene rings is 2. The number of amides is 1. The summed E-state index contributed by atoms with van der Waals surface area (Å²) >= 11 is 0. The van der Waals surface area contributed by atoms with Crippen molar-refractivity contribution < 1.29 is 4.79 Å². The van der Waals surface area contributed by atoms with Crippen LogP contribution >= 0.6 is 0 Å². The van der Waals surface area contributed by atoms with Crippen LogP contribution < -0.4 is 0 Å². The number of carbonyl (C=O) groups is 1. The minimum atomic E-state index is -0.0290. The van der Waals surface area contributed by atoms with E-state index in [4.69, 9.17) is 0 Å². The van der Waals surface area contributed by atoms with Crippen LogP contribution in [0.1, 0.15) is 17.3 Å². The molecule has 1 fully saturated rings. The molecule has 21 heavy (non-hydrogen) atoms. The topological polar surface area (TPSA) is 23.6 Å². The predicted octanol–water partition coefficient (Wildman–Crippen LogP) is 3.13. The molecule has 2 aromatic rings. The fraction of sp³-hybridized carbons (Fsp3) is 0.167. The van der Waals surface area contributed by atoms with Gasteiger partial charge in [-0.25, -0.2) is 0 Å². The molecule has 0 saturated carbocycles. The fourth-order valence-corrected chi connectivity index (χ4v) is 2.67. The maximum atomic E-state index is 12.2. The fourth-order valence-electron chi connectivity index (χ4n) is 2.67. The van der Waals surface area contributed by atoms with Gasteiger partial charge in [0.15, 0.2) is 0 Å². The van der Waals surface area contributed by atoms with Crippen LogP contribution in [-0.2, 0) is 4.79 Å². The lowest BCUT2D eigenvalue weighted by Crippen LogP contribution is -2.26. The average molecular weight is 278 g/mol. The molecule has 0 radical (unpaired) electrons. The summed E-state index contributed by atoms with van der Waals surface area (Å²) in [4.78, 5) is 16.1. The Hall–Kier alpha value is -2.39. The SMILES string of the molecule is CN1CC(=O)N(/C=C\c2ccccc2)C1c1ccccc1. The number of rotatable bonds is 3. The zero-order valence-electron chi connectivity index (χ0n) is 12.0. The van der Waals surface area contributed by atoms with Gasteiger partial charge in [-0.05, 0) is 24.3 Å². The van der Waals surface area contributed by atoms with E-state index in [9.17, 15) is 4.79 Å². The molecular formula is C18H18N2O. The van der Waals surface area contributed by atoms with Gasteiger partial charge in [-0.2, -0.15) is 0 Å². The molecule has 2 aromatic carbocycles. The number of likely N-dealkylation sites (N-methyl/N-ethyl adjacent to an activating group) is 1. The molecule has 0 spiro atoms. The molecule has 0 N–H and O–H groups in total. The van der Waals surface area contributed by atoms with Crippen molar-refractivity contribution in [1.29, 1.82) is 0 Å². The molecule has 1 unspecified atom stereocenters. The average Bonchev–Trinajstić information content (AvgIpc) is 2.81. The second-order valence-electron chi connectivity index (χ2n) is 5.23. The number of nitrogens with zero attached hydrogens (tertiary/aromatic N) is 2. The lowest BCUT2D eigenvalue weighted by molar-refractivity contribution is -0.125. The summed E-state index contributed by atoms with van der Waals surface area (Å²) in [6.07, 6.45) is 3.84. The van der Waals surface area contributed by atoms with E-state index in [0.717, 1.165) is 11.1 Å². The standard InChI is InChI=1S/C18H18N2O/c1-19-14-17(21)20(13-12-15-8-4-2-5-9-15)18(19)16-10-6-3-7-11-16/h2-13,18H,14H2,1H3/b13-12-. The van der Waals surface area contributed by atoms with Crippen molar-refractivity contribution in [2.75, 3.05) is 13.6 Å². The summed E-state index contributed by atoms with van der Waals surface area (Å²) in [6.45, 7) is 0.443. The minimum Gasteiger partial charge on any atom is -0.297 e. The van der Waals surface area contributed by atoms with Gasteiger partial charge >= 0.3 is 0 Å². The van der Waals surface area contributed by atoms with Gasteiger partial charge in [-0.1, -0.05) is 60.7 Å². The Morgan fingerprint density at radius 2 is 1.62 bits per heavy atom. The van der Waals surface area contributed by atoms with Gasteiger partial charge in [0, 0.05) is 6.20 Å². The lowest BCUT2D eigenvalue weighted by Gasteiger charge is -2.25. The van der Waals surface area contributed by atoms with E-state index < -0.39 is 0 Å². The second kappa shape index (κ2) is 5.94. The normalized spacial score (nSPS) is 19.6. The van der Waals surface area contributed by atoms with Crippen LogP contribution in [-0.4, -0.2) is 29.3 Å². The maximum absolute atomic E-state index is 12.2. The Labute approximate surface area is 125 Å². The zero-order valence-corrected chi connectivity index (χ0v) is 12.0. The molecule has 1 heterocycles. The van der Waals surface area contributed by atoms with Gasteiger partial charge in [0.05, 0.1) is 6.54 Å². The van der Waals surface area contributed by atoms with Gasteiger partial charge < -0.3 is 0 Å². The molecule has 0 aromatic heterocycles. The quantitative estimate of drug-likeness (QED) is 0.861. The van der Waals surface area contributed by atoms with E-state index in [1.807, 2.05) is 72.8 Å². The van der Waals surface area contributed by atoms with Gasteiger partial charge in [0.1, 0.15) is 6.17 Å². The van der Waals surface area contributed by atoms with Crippen LogP contribution in [0.5, 0.6) is 0 Å². The van der Waals surface area contributed by atoms with Crippen molar-refractivity contribution >= 4 is 12.0 Å². The summed E-state index contributed by atoms with van der Waals surface area (Å²) in [5.74, 6) is 0.124. The Morgan fingerprint density at radius 3 is 2.29 bits per heavy atom. The van der Waals surface area contributed by atoms with Crippen molar-refractivity contribution in [1.82, 2.24) is 9.80 Å². The summed E-state index contributed by atoms with van der Waals surface area (Å²) in [5.41, 5.74) is 2.22. The first-order chi connectivity index (χ1) is 10.3. The Morgan fingerprint density at radius 1 is 1.00 bits per heavy atom. The first-order valence-corrected chi connectivity index (χ1v) is 7.05. The molecule has 1 saturated heterocycles. The molecule has 0 aliphatic carbocycles. The maximum Gasteiger partial charge on any atom is 0.242 e. The summed E-state index contributed by atoms with van der Waals surface area (Å²) in [7, 11) is 1.98. The summed E-state index contributed by atoms with van der Waals surface area (Å²) < 4.78 is 0. The molecule has 3 heteroatoms. The molecule has 1 atom stereocenters. The van der Waals surface area contributed by atoms with Crippen LogP contribution in [0.2, 0.25) is 0 Å². The molecule has 0 bridgehead atoms. The lowest BCUT2D eigenvalue weighted by atomic mass is 10.1. The number of hydrogen-bond donors (Lipinski definition) is 0. The van der Waals surface area contributed by atoms with Crippen molar-refractivity contribution in [2.45, 2.75) is 6.17 Å². The van der Waals surface area contributed by atoms with E-state index in [2.05, 4.69) is 17.0 Å². The third-order valence-electron chi connectivity index (χ3n) is 3.68. The molecule has 3 rings (SSSR count). The monoisotopic (exact) mass is 278 g/mol. The Kier molecular flexibility index (Phi) is 3.84. The van der Waals surface area contributed by atoms with Crippen molar-refractivity contribution in [2.24, 2.45) is 0 Å². The molecule has 1 aliphatic rings. The summed E-state index contributed by atoms with van der Waals surface area (Å²) in [6, 6.07) is 20.1. The van der Waals surface area contributed by atoms with E-state index in [1.54, 1.807) is 0 Å². The predicted molar refractivity (Wildman–Crippen MR) is 84.1 cm³/mol. The highest BCUT2D eigenvalue weighted by Crippen LogP contribution is 2.29. The van der Waals surface area contributed by atoms with Crippen LogP contribution in [0, 0.1) is 0 Å². The third-order valence-corrected chi connectivity index (χ3v) is 3.68. The first kappa shape index (κ1) is 13.6. The second-order valence-corrected chi connectivity index (χ2v) is 5.23. The highest BCUT2D eigenvalue weighted by molar-refractivity contribution is 5.82. The van der Waals surface area contributed by atoms with Crippen LogP contribution in [0.4, 0.5) is 0 Å².